The predicted molar refractivity (Wildman–Crippen MR) is 88.9 cm³/mol. The van der Waals surface area contributed by atoms with Crippen molar-refractivity contribution in [3.63, 3.8) is 0 Å². The van der Waals surface area contributed by atoms with Crippen molar-refractivity contribution in [1.82, 2.24) is 9.62 Å². The van der Waals surface area contributed by atoms with Gasteiger partial charge in [0, 0.05) is 13.1 Å². The van der Waals surface area contributed by atoms with Crippen molar-refractivity contribution in [2.24, 2.45) is 5.92 Å². The quantitative estimate of drug-likeness (QED) is 0.657. The van der Waals surface area contributed by atoms with Gasteiger partial charge in [-0.25, -0.2) is 17.6 Å². The highest BCUT2D eigenvalue weighted by Crippen LogP contribution is 2.24. The number of aliphatic hydroxyl groups is 1. The highest BCUT2D eigenvalue weighted by molar-refractivity contribution is 7.89. The molecule has 2 N–H and O–H groups in total. The molecular weight excluding hydrogens is 367 g/mol. The summed E-state index contributed by atoms with van der Waals surface area (Å²) < 4.78 is 44.0. The Balaban J connectivity index is 2.09. The van der Waals surface area contributed by atoms with Crippen LogP contribution >= 0.6 is 0 Å². The zero-order valence-corrected chi connectivity index (χ0v) is 15.0. The van der Waals surface area contributed by atoms with Crippen molar-refractivity contribution in [3.8, 4) is 0 Å². The summed E-state index contributed by atoms with van der Waals surface area (Å²) >= 11 is 0. The zero-order valence-electron chi connectivity index (χ0n) is 14.2. The van der Waals surface area contributed by atoms with E-state index in [0.717, 1.165) is 19.2 Å². The molecule has 0 spiro atoms. The number of methoxy groups -OCH3 is 1. The molecule has 0 bridgehead atoms. The van der Waals surface area contributed by atoms with E-state index < -0.39 is 46.3 Å². The fraction of sp³-hybridized carbons (Fsp3) is 0.500. The molecule has 1 heterocycles. The molecule has 0 aromatic heterocycles. The van der Waals surface area contributed by atoms with E-state index in [0.29, 0.717) is 12.8 Å². The number of benzene rings is 1. The Morgan fingerprint density at radius 2 is 2.04 bits per heavy atom. The minimum absolute atomic E-state index is 0.0530. The minimum atomic E-state index is -3.85. The highest BCUT2D eigenvalue weighted by Gasteiger charge is 2.34. The van der Waals surface area contributed by atoms with Crippen molar-refractivity contribution in [1.29, 1.82) is 0 Å². The predicted octanol–water partition coefficient (Wildman–Crippen LogP) is -0.124. The van der Waals surface area contributed by atoms with Crippen molar-refractivity contribution in [2.75, 3.05) is 26.8 Å². The van der Waals surface area contributed by atoms with Crippen LogP contribution in [0.3, 0.4) is 0 Å². The third-order valence-electron chi connectivity index (χ3n) is 4.19. The summed E-state index contributed by atoms with van der Waals surface area (Å²) in [6.45, 7) is -0.447. The van der Waals surface area contributed by atoms with E-state index in [1.165, 1.54) is 16.4 Å². The number of carbonyl (C=O) groups is 2. The topological polar surface area (TPSA) is 113 Å². The average Bonchev–Trinajstić information content (AvgIpc) is 2.65. The first-order valence-corrected chi connectivity index (χ1v) is 9.48. The van der Waals surface area contributed by atoms with Gasteiger partial charge in [-0.2, -0.15) is 4.31 Å². The first-order chi connectivity index (χ1) is 12.3. The molecule has 0 aliphatic carbocycles. The minimum Gasteiger partial charge on any atom is -0.467 e. The number of nitrogens with zero attached hydrogens (tertiary/aromatic N) is 1. The molecule has 10 heteroatoms. The SMILES string of the molecule is COC(=O)[C@@H](CO)NC(=O)[C@H]1CCCN(S(=O)(=O)c2ccc(F)cc2)C1. The highest BCUT2D eigenvalue weighted by atomic mass is 32.2. The lowest BCUT2D eigenvalue weighted by Gasteiger charge is -2.31. The number of piperidine rings is 1. The van der Waals surface area contributed by atoms with E-state index in [-0.39, 0.29) is 18.0 Å². The molecule has 1 saturated heterocycles. The van der Waals surface area contributed by atoms with E-state index in [4.69, 9.17) is 0 Å². The van der Waals surface area contributed by atoms with Crippen LogP contribution in [0.5, 0.6) is 0 Å². The van der Waals surface area contributed by atoms with Crippen LogP contribution in [0.15, 0.2) is 29.2 Å². The maximum Gasteiger partial charge on any atom is 0.330 e. The first kappa shape index (κ1) is 20.3. The molecule has 8 nitrogen and oxygen atoms in total. The molecule has 0 radical (unpaired) electrons. The third-order valence-corrected chi connectivity index (χ3v) is 6.07. The van der Waals surface area contributed by atoms with Gasteiger partial charge in [-0.3, -0.25) is 4.79 Å². The lowest BCUT2D eigenvalue weighted by atomic mass is 9.98. The van der Waals surface area contributed by atoms with Crippen LogP contribution in [0, 0.1) is 11.7 Å². The molecule has 1 aliphatic heterocycles. The molecule has 26 heavy (non-hydrogen) atoms. The molecular formula is C16H21FN2O6S. The summed E-state index contributed by atoms with van der Waals surface area (Å²) in [6.07, 6.45) is 0.904. The van der Waals surface area contributed by atoms with E-state index >= 15 is 0 Å². The van der Waals surface area contributed by atoms with Gasteiger partial charge in [0.1, 0.15) is 5.82 Å². The second-order valence-corrected chi connectivity index (χ2v) is 7.86. The Morgan fingerprint density at radius 1 is 1.38 bits per heavy atom. The van der Waals surface area contributed by atoms with Crippen molar-refractivity contribution in [2.45, 2.75) is 23.8 Å². The number of ether oxygens (including phenoxy) is 1. The number of aliphatic hydroxyl groups excluding tert-OH is 1. The number of carbonyl (C=O) groups excluding carboxylic acids is 2. The fourth-order valence-electron chi connectivity index (χ4n) is 2.74. The second-order valence-electron chi connectivity index (χ2n) is 5.92. The molecule has 1 fully saturated rings. The number of hydrogen-bond acceptors (Lipinski definition) is 6. The molecule has 1 amide bonds. The fourth-order valence-corrected chi connectivity index (χ4v) is 4.27. The average molecular weight is 388 g/mol. The van der Waals surface area contributed by atoms with Gasteiger partial charge in [-0.15, -0.1) is 0 Å². The van der Waals surface area contributed by atoms with Crippen LogP contribution in [-0.4, -0.2) is 62.6 Å². The smallest absolute Gasteiger partial charge is 0.330 e. The van der Waals surface area contributed by atoms with Crippen LogP contribution in [0.1, 0.15) is 12.8 Å². The van der Waals surface area contributed by atoms with E-state index in [2.05, 4.69) is 10.1 Å². The van der Waals surface area contributed by atoms with Gasteiger partial charge in [-0.05, 0) is 37.1 Å². The van der Waals surface area contributed by atoms with Gasteiger partial charge in [0.05, 0.1) is 24.5 Å². The Bertz CT molecular complexity index is 753. The number of esters is 1. The Morgan fingerprint density at radius 3 is 2.62 bits per heavy atom. The van der Waals surface area contributed by atoms with Gasteiger partial charge in [0.25, 0.3) is 0 Å². The van der Waals surface area contributed by atoms with Gasteiger partial charge in [0.2, 0.25) is 15.9 Å². The number of sulfonamides is 1. The summed E-state index contributed by atoms with van der Waals surface area (Å²) in [5, 5.41) is 11.5. The van der Waals surface area contributed by atoms with E-state index in [9.17, 15) is 27.5 Å². The van der Waals surface area contributed by atoms with Crippen LogP contribution in [0.25, 0.3) is 0 Å². The van der Waals surface area contributed by atoms with E-state index in [1.54, 1.807) is 0 Å². The first-order valence-electron chi connectivity index (χ1n) is 8.04. The number of rotatable bonds is 6. The number of nitrogens with one attached hydrogen (secondary N) is 1. The maximum atomic E-state index is 13.0. The zero-order chi connectivity index (χ0) is 19.3. The lowest BCUT2D eigenvalue weighted by Crippen LogP contribution is -2.50. The van der Waals surface area contributed by atoms with Gasteiger partial charge in [0.15, 0.2) is 6.04 Å². The summed E-state index contributed by atoms with van der Waals surface area (Å²) in [6, 6.07) is 3.27. The molecule has 1 aromatic rings. The summed E-state index contributed by atoms with van der Waals surface area (Å²) in [5.74, 6) is -2.53. The number of amides is 1. The van der Waals surface area contributed by atoms with Crippen LogP contribution in [0.2, 0.25) is 0 Å². The normalized spacial score (nSPS) is 19.6. The Kier molecular flexibility index (Phi) is 6.68. The van der Waals surface area contributed by atoms with Crippen LogP contribution < -0.4 is 5.32 Å². The Hall–Kier alpha value is -2.04. The monoisotopic (exact) mass is 388 g/mol. The molecule has 2 atom stereocenters. The van der Waals surface area contributed by atoms with Crippen molar-refractivity contribution in [3.05, 3.63) is 30.1 Å². The maximum absolute atomic E-state index is 13.0. The van der Waals surface area contributed by atoms with Crippen molar-refractivity contribution < 1.29 is 32.2 Å². The van der Waals surface area contributed by atoms with Crippen molar-refractivity contribution >= 4 is 21.9 Å². The lowest BCUT2D eigenvalue weighted by molar-refractivity contribution is -0.146. The van der Waals surface area contributed by atoms with E-state index in [1.807, 2.05) is 0 Å². The molecule has 0 unspecified atom stereocenters. The second kappa shape index (κ2) is 8.56. The number of halogens is 1. The molecule has 144 valence electrons. The third kappa shape index (κ3) is 4.57. The van der Waals surface area contributed by atoms with Gasteiger partial charge in [-0.1, -0.05) is 0 Å². The summed E-state index contributed by atoms with van der Waals surface area (Å²) in [4.78, 5) is 23.8. The molecule has 0 saturated carbocycles. The standard InChI is InChI=1S/C16H21FN2O6S/c1-25-16(22)14(10-20)18-15(21)11-3-2-8-19(9-11)26(23,24)13-6-4-12(17)5-7-13/h4-7,11,14,20H,2-3,8-10H2,1H3,(H,18,21)/t11-,14+/m0/s1. The largest absolute Gasteiger partial charge is 0.467 e. The molecule has 2 rings (SSSR count). The Labute approximate surface area is 151 Å². The molecule has 1 aromatic carbocycles. The van der Waals surface area contributed by atoms with Gasteiger partial charge < -0.3 is 15.2 Å². The summed E-state index contributed by atoms with van der Waals surface area (Å²) in [7, 11) is -2.72. The van der Waals surface area contributed by atoms with Gasteiger partial charge >= 0.3 is 5.97 Å². The van der Waals surface area contributed by atoms with Crippen LogP contribution in [-0.2, 0) is 24.3 Å². The summed E-state index contributed by atoms with van der Waals surface area (Å²) in [5.41, 5.74) is 0. The molecule has 1 aliphatic rings. The van der Waals surface area contributed by atoms with Crippen LogP contribution in [0.4, 0.5) is 4.39 Å². The number of hydrogen-bond donors (Lipinski definition) is 2.